The maximum Gasteiger partial charge on any atom is 0.335 e. The van der Waals surface area contributed by atoms with Gasteiger partial charge in [0.2, 0.25) is 11.7 Å². The fraction of sp³-hybridized carbons (Fsp3) is 0.125. The number of nitrogens with one attached hydrogen (secondary N) is 2. The molecule has 11 heteroatoms. The van der Waals surface area contributed by atoms with Crippen LogP contribution in [0, 0.1) is 15.9 Å². The van der Waals surface area contributed by atoms with E-state index in [4.69, 9.17) is 22.1 Å². The number of benzene rings is 2. The summed E-state index contributed by atoms with van der Waals surface area (Å²) in [5.74, 6) is -2.33. The first kappa shape index (κ1) is 19.9. The molecule has 0 aliphatic carbocycles. The fourth-order valence-corrected chi connectivity index (χ4v) is 2.41. The molecular weight excluding hydrogens is 383 g/mol. The number of nitro groups is 1. The number of anilines is 1. The highest BCUT2D eigenvalue weighted by Gasteiger charge is 2.29. The lowest BCUT2D eigenvalue weighted by atomic mass is 10.1. The van der Waals surface area contributed by atoms with E-state index in [-0.39, 0.29) is 22.7 Å². The van der Waals surface area contributed by atoms with E-state index >= 15 is 0 Å². The largest absolute Gasteiger partial charge is 0.490 e. The van der Waals surface area contributed by atoms with Crippen LogP contribution < -0.4 is 21.3 Å². The van der Waals surface area contributed by atoms with Crippen LogP contribution in [0.3, 0.4) is 0 Å². The maximum atomic E-state index is 12.9. The number of hydrazine groups is 1. The third-order valence-corrected chi connectivity index (χ3v) is 3.78. The summed E-state index contributed by atoms with van der Waals surface area (Å²) in [6.07, 6.45) is -0.125. The van der Waals surface area contributed by atoms with Crippen molar-refractivity contribution in [3.8, 4) is 5.75 Å². The Balaban J connectivity index is 2.14. The minimum absolute atomic E-state index is 0.125. The lowest BCUT2D eigenvalue weighted by Gasteiger charge is -2.12. The van der Waals surface area contributed by atoms with Crippen LogP contribution in [0.15, 0.2) is 30.3 Å². The van der Waals surface area contributed by atoms with Crippen molar-refractivity contribution in [1.29, 1.82) is 0 Å². The van der Waals surface area contributed by atoms with Crippen LogP contribution in [-0.2, 0) is 11.2 Å². The first-order chi connectivity index (χ1) is 12.7. The summed E-state index contributed by atoms with van der Waals surface area (Å²) in [4.78, 5) is 34.5. The number of ether oxygens (including phenoxy) is 1. The zero-order chi connectivity index (χ0) is 20.1. The van der Waals surface area contributed by atoms with Crippen molar-refractivity contribution in [1.82, 2.24) is 10.9 Å². The second-order valence-electron chi connectivity index (χ2n) is 5.26. The lowest BCUT2D eigenvalue weighted by molar-refractivity contribution is -0.384. The highest BCUT2D eigenvalue weighted by Crippen LogP contribution is 2.40. The highest BCUT2D eigenvalue weighted by atomic mass is 35.5. The third-order valence-electron chi connectivity index (χ3n) is 3.47. The fourth-order valence-electron chi connectivity index (χ4n) is 2.22. The molecule has 0 aromatic heterocycles. The van der Waals surface area contributed by atoms with Crippen molar-refractivity contribution < 1.29 is 23.6 Å². The molecule has 0 saturated carbocycles. The number of halogens is 2. The second-order valence-corrected chi connectivity index (χ2v) is 5.67. The molecule has 0 bridgehead atoms. The van der Waals surface area contributed by atoms with E-state index < -0.39 is 34.0 Å². The van der Waals surface area contributed by atoms with Gasteiger partial charge in [0, 0.05) is 0 Å². The van der Waals surface area contributed by atoms with Crippen LogP contribution in [0.25, 0.3) is 0 Å². The smallest absolute Gasteiger partial charge is 0.335 e. The number of nitrogens with two attached hydrogens (primary N) is 1. The Morgan fingerprint density at radius 2 is 1.93 bits per heavy atom. The van der Waals surface area contributed by atoms with Gasteiger partial charge < -0.3 is 10.5 Å². The molecule has 0 fully saturated rings. The number of carbonyl (C=O) groups is 2. The van der Waals surface area contributed by atoms with Crippen LogP contribution in [-0.4, -0.2) is 23.8 Å². The predicted octanol–water partition coefficient (Wildman–Crippen LogP) is 1.98. The second kappa shape index (κ2) is 8.32. The number of nitro benzene ring substituents is 1. The van der Waals surface area contributed by atoms with Crippen molar-refractivity contribution in [3.05, 3.63) is 62.4 Å². The molecule has 0 spiro atoms. The molecule has 27 heavy (non-hydrogen) atoms. The summed E-state index contributed by atoms with van der Waals surface area (Å²) in [5, 5.41) is 11.0. The third kappa shape index (κ3) is 4.61. The molecule has 0 aliphatic heterocycles. The Hall–Kier alpha value is -3.40. The van der Waals surface area contributed by atoms with Crippen molar-refractivity contribution in [2.24, 2.45) is 0 Å². The van der Waals surface area contributed by atoms with Gasteiger partial charge in [-0.1, -0.05) is 23.7 Å². The molecule has 0 atom stereocenters. The van der Waals surface area contributed by atoms with Gasteiger partial charge in [0.1, 0.15) is 11.5 Å². The van der Waals surface area contributed by atoms with Gasteiger partial charge in [-0.3, -0.25) is 30.6 Å². The van der Waals surface area contributed by atoms with E-state index in [1.807, 2.05) is 0 Å². The summed E-state index contributed by atoms with van der Waals surface area (Å²) in [7, 11) is 1.12. The zero-order valence-electron chi connectivity index (χ0n) is 13.9. The molecule has 2 aromatic rings. The van der Waals surface area contributed by atoms with Crippen LogP contribution in [0.1, 0.15) is 15.9 Å². The van der Waals surface area contributed by atoms with Crippen LogP contribution in [0.5, 0.6) is 5.75 Å². The molecular formula is C16H14ClFN4O5. The number of hydrogen-bond donors (Lipinski definition) is 3. The van der Waals surface area contributed by atoms with Gasteiger partial charge in [-0.2, -0.15) is 0 Å². The van der Waals surface area contributed by atoms with Crippen molar-refractivity contribution >= 4 is 34.8 Å². The Morgan fingerprint density at radius 1 is 1.30 bits per heavy atom. The molecule has 9 nitrogen and oxygen atoms in total. The Morgan fingerprint density at radius 3 is 2.48 bits per heavy atom. The van der Waals surface area contributed by atoms with Crippen LogP contribution in [0.2, 0.25) is 5.02 Å². The molecule has 0 radical (unpaired) electrons. The predicted molar refractivity (Wildman–Crippen MR) is 94.8 cm³/mol. The van der Waals surface area contributed by atoms with Crippen LogP contribution in [0.4, 0.5) is 15.8 Å². The average Bonchev–Trinajstić information content (AvgIpc) is 2.62. The van der Waals surface area contributed by atoms with Crippen molar-refractivity contribution in [2.75, 3.05) is 12.8 Å². The van der Waals surface area contributed by atoms with Crippen LogP contribution >= 0.6 is 11.6 Å². The van der Waals surface area contributed by atoms with E-state index in [2.05, 4.69) is 10.9 Å². The Labute approximate surface area is 157 Å². The van der Waals surface area contributed by atoms with Gasteiger partial charge in [0.05, 0.1) is 29.0 Å². The topological polar surface area (TPSA) is 137 Å². The number of nitrogens with zero attached hydrogens (tertiary/aromatic N) is 1. The zero-order valence-corrected chi connectivity index (χ0v) is 14.7. The quantitative estimate of drug-likeness (QED) is 0.401. The van der Waals surface area contributed by atoms with Crippen molar-refractivity contribution in [3.63, 3.8) is 0 Å². The number of amides is 2. The molecule has 0 aliphatic rings. The van der Waals surface area contributed by atoms with E-state index in [1.54, 1.807) is 0 Å². The minimum atomic E-state index is -0.899. The van der Waals surface area contributed by atoms with Gasteiger partial charge in [-0.15, -0.1) is 0 Å². The maximum absolute atomic E-state index is 12.9. The standard InChI is InChI=1S/C16H14ClFN4O5/c1-27-15-10(7-11(17)13(19)14(15)22(25)26)16(24)21-20-12(23)6-8-2-4-9(18)5-3-8/h2-5,7H,6,19H2,1H3,(H,20,23)(H,21,24). The number of hydrogen-bond acceptors (Lipinski definition) is 6. The van der Waals surface area contributed by atoms with E-state index in [0.717, 1.165) is 13.2 Å². The van der Waals surface area contributed by atoms with Crippen molar-refractivity contribution in [2.45, 2.75) is 6.42 Å². The minimum Gasteiger partial charge on any atom is -0.490 e. The van der Waals surface area contributed by atoms with E-state index in [0.29, 0.717) is 5.56 Å². The summed E-state index contributed by atoms with van der Waals surface area (Å²) in [5.41, 5.74) is 9.04. The van der Waals surface area contributed by atoms with E-state index in [9.17, 15) is 24.1 Å². The summed E-state index contributed by atoms with van der Waals surface area (Å²) in [6.45, 7) is 0. The Kier molecular flexibility index (Phi) is 6.14. The molecule has 2 aromatic carbocycles. The first-order valence-electron chi connectivity index (χ1n) is 7.38. The molecule has 0 heterocycles. The van der Waals surface area contributed by atoms with Gasteiger partial charge in [-0.25, -0.2) is 4.39 Å². The number of rotatable bonds is 5. The number of carbonyl (C=O) groups excluding carboxylic acids is 2. The lowest BCUT2D eigenvalue weighted by Crippen LogP contribution is -2.42. The highest BCUT2D eigenvalue weighted by molar-refractivity contribution is 6.34. The monoisotopic (exact) mass is 396 g/mol. The van der Waals surface area contributed by atoms with Gasteiger partial charge in [-0.05, 0) is 23.8 Å². The molecule has 4 N–H and O–H groups in total. The van der Waals surface area contributed by atoms with Gasteiger partial charge in [0.25, 0.3) is 5.91 Å². The number of methoxy groups -OCH3 is 1. The summed E-state index contributed by atoms with van der Waals surface area (Å²) < 4.78 is 17.8. The molecule has 0 unspecified atom stereocenters. The average molecular weight is 397 g/mol. The number of nitrogen functional groups attached to an aromatic ring is 1. The normalized spacial score (nSPS) is 10.2. The summed E-state index contributed by atoms with van der Waals surface area (Å²) in [6, 6.07) is 6.32. The molecule has 142 valence electrons. The Bertz CT molecular complexity index is 905. The SMILES string of the molecule is COc1c(C(=O)NNC(=O)Cc2ccc(F)cc2)cc(Cl)c(N)c1[N+](=O)[O-]. The van der Waals surface area contributed by atoms with Gasteiger partial charge in [0.15, 0.2) is 0 Å². The molecule has 0 saturated heterocycles. The summed E-state index contributed by atoms with van der Waals surface area (Å²) >= 11 is 5.84. The molecule has 2 rings (SSSR count). The molecule has 2 amide bonds. The first-order valence-corrected chi connectivity index (χ1v) is 7.76. The van der Waals surface area contributed by atoms with E-state index in [1.165, 1.54) is 24.3 Å². The van der Waals surface area contributed by atoms with Gasteiger partial charge >= 0.3 is 5.69 Å².